The minimum Gasteiger partial charge on any atom is -0.390 e. The molecule has 2 aliphatic rings. The zero-order valence-electron chi connectivity index (χ0n) is 8.77. The van der Waals surface area contributed by atoms with Gasteiger partial charge in [-0.1, -0.05) is 0 Å². The maximum atomic E-state index is 11.3. The second-order valence-corrected chi connectivity index (χ2v) is 6.91. The molecular weight excluding hydrogens is 218 g/mol. The highest BCUT2D eigenvalue weighted by Crippen LogP contribution is 2.22. The Morgan fingerprint density at radius 1 is 1.47 bits per heavy atom. The van der Waals surface area contributed by atoms with E-state index in [1.165, 1.54) is 0 Å². The fourth-order valence-electron chi connectivity index (χ4n) is 2.20. The van der Waals surface area contributed by atoms with Gasteiger partial charge < -0.3 is 15.2 Å². The molecule has 2 rings (SSSR count). The number of ether oxygens (including phenoxy) is 1. The Balaban J connectivity index is 2.01. The van der Waals surface area contributed by atoms with Crippen molar-refractivity contribution >= 4 is 9.84 Å². The molecule has 0 radical (unpaired) electrons. The summed E-state index contributed by atoms with van der Waals surface area (Å²) >= 11 is 0. The molecule has 88 valence electrons. The summed E-state index contributed by atoms with van der Waals surface area (Å²) in [5, 5.41) is 12.8. The van der Waals surface area contributed by atoms with Crippen LogP contribution in [0.15, 0.2) is 0 Å². The van der Waals surface area contributed by atoms with E-state index < -0.39 is 15.9 Å². The molecule has 0 bridgehead atoms. The molecule has 0 amide bonds. The van der Waals surface area contributed by atoms with Crippen LogP contribution in [0.1, 0.15) is 13.3 Å². The molecule has 0 spiro atoms. The van der Waals surface area contributed by atoms with E-state index in [1.54, 1.807) is 0 Å². The molecule has 0 aromatic heterocycles. The molecule has 6 heteroatoms. The molecule has 5 nitrogen and oxygen atoms in total. The molecule has 3 unspecified atom stereocenters. The summed E-state index contributed by atoms with van der Waals surface area (Å²) in [4.78, 5) is 0. The zero-order valence-corrected chi connectivity index (χ0v) is 9.59. The molecule has 2 N–H and O–H groups in total. The quantitative estimate of drug-likeness (QED) is 0.636. The van der Waals surface area contributed by atoms with Crippen molar-refractivity contribution in [3.63, 3.8) is 0 Å². The van der Waals surface area contributed by atoms with E-state index in [4.69, 9.17) is 4.74 Å². The first-order chi connectivity index (χ1) is 6.90. The van der Waals surface area contributed by atoms with Gasteiger partial charge in [-0.3, -0.25) is 0 Å². The Morgan fingerprint density at radius 2 is 2.20 bits per heavy atom. The van der Waals surface area contributed by atoms with Crippen molar-refractivity contribution in [2.75, 3.05) is 24.7 Å². The van der Waals surface area contributed by atoms with E-state index in [0.717, 1.165) is 6.42 Å². The molecule has 2 saturated heterocycles. The number of aliphatic hydroxyl groups excluding tert-OH is 1. The second-order valence-electron chi connectivity index (χ2n) is 4.76. The number of nitrogens with one attached hydrogen (secondary N) is 1. The predicted molar refractivity (Wildman–Crippen MR) is 55.4 cm³/mol. The summed E-state index contributed by atoms with van der Waals surface area (Å²) in [6, 6.07) is -0.346. The van der Waals surface area contributed by atoms with Gasteiger partial charge in [0, 0.05) is 18.2 Å². The molecule has 0 aliphatic carbocycles. The SMILES string of the molecule is CC1(NC2CS(=O)(=O)CC2O)CCOC1. The van der Waals surface area contributed by atoms with E-state index in [0.29, 0.717) is 13.2 Å². The number of hydrogen-bond donors (Lipinski definition) is 2. The summed E-state index contributed by atoms with van der Waals surface area (Å²) in [6.07, 6.45) is 0.0726. The summed E-state index contributed by atoms with van der Waals surface area (Å²) in [5.74, 6) is -0.0919. The van der Waals surface area contributed by atoms with Gasteiger partial charge >= 0.3 is 0 Å². The van der Waals surface area contributed by atoms with Gasteiger partial charge in [0.25, 0.3) is 0 Å². The Kier molecular flexibility index (Phi) is 2.79. The monoisotopic (exact) mass is 235 g/mol. The third kappa shape index (κ3) is 2.50. The van der Waals surface area contributed by atoms with Crippen molar-refractivity contribution in [2.45, 2.75) is 31.0 Å². The molecule has 0 aromatic rings. The van der Waals surface area contributed by atoms with Crippen LogP contribution in [0.25, 0.3) is 0 Å². The summed E-state index contributed by atoms with van der Waals surface area (Å²) in [7, 11) is -3.07. The van der Waals surface area contributed by atoms with Gasteiger partial charge in [-0.25, -0.2) is 8.42 Å². The van der Waals surface area contributed by atoms with Crippen molar-refractivity contribution in [3.05, 3.63) is 0 Å². The van der Waals surface area contributed by atoms with Crippen molar-refractivity contribution in [1.29, 1.82) is 0 Å². The Bertz CT molecular complexity index is 334. The predicted octanol–water partition coefficient (Wildman–Crippen LogP) is -1.09. The van der Waals surface area contributed by atoms with Gasteiger partial charge in [-0.15, -0.1) is 0 Å². The second kappa shape index (κ2) is 3.69. The van der Waals surface area contributed by atoms with E-state index >= 15 is 0 Å². The molecule has 15 heavy (non-hydrogen) atoms. The summed E-state index contributed by atoms with van der Waals surface area (Å²) < 4.78 is 27.9. The highest BCUT2D eigenvalue weighted by atomic mass is 32.2. The van der Waals surface area contributed by atoms with Crippen LogP contribution in [0, 0.1) is 0 Å². The molecular formula is C9H17NO4S. The maximum absolute atomic E-state index is 11.3. The number of sulfone groups is 1. The Morgan fingerprint density at radius 3 is 2.67 bits per heavy atom. The van der Waals surface area contributed by atoms with E-state index in [9.17, 15) is 13.5 Å². The minimum atomic E-state index is -3.07. The van der Waals surface area contributed by atoms with Crippen molar-refractivity contribution < 1.29 is 18.3 Å². The van der Waals surface area contributed by atoms with Crippen molar-refractivity contribution in [1.82, 2.24) is 5.32 Å². The minimum absolute atomic E-state index is 0.0315. The Hall–Kier alpha value is -0.170. The average Bonchev–Trinajstić information content (AvgIpc) is 2.58. The van der Waals surface area contributed by atoms with E-state index in [1.807, 2.05) is 6.92 Å². The lowest BCUT2D eigenvalue weighted by atomic mass is 9.99. The highest BCUT2D eigenvalue weighted by Gasteiger charge is 2.41. The summed E-state index contributed by atoms with van der Waals surface area (Å²) in [5.41, 5.74) is -0.189. The van der Waals surface area contributed by atoms with Crippen LogP contribution in [0.2, 0.25) is 0 Å². The topological polar surface area (TPSA) is 75.6 Å². The lowest BCUT2D eigenvalue weighted by Gasteiger charge is -2.28. The van der Waals surface area contributed by atoms with Crippen LogP contribution in [0.3, 0.4) is 0 Å². The fraction of sp³-hybridized carbons (Fsp3) is 1.00. The van der Waals surface area contributed by atoms with Crippen LogP contribution >= 0.6 is 0 Å². The standard InChI is InChI=1S/C9H17NO4S/c1-9(2-3-14-6-9)10-7-4-15(12,13)5-8(7)11/h7-8,10-11H,2-6H2,1H3. The molecule has 2 heterocycles. The van der Waals surface area contributed by atoms with E-state index in [-0.39, 0.29) is 23.1 Å². The molecule has 2 aliphatic heterocycles. The lowest BCUT2D eigenvalue weighted by molar-refractivity contribution is 0.128. The number of aliphatic hydroxyl groups is 1. The van der Waals surface area contributed by atoms with E-state index in [2.05, 4.69) is 5.32 Å². The van der Waals surface area contributed by atoms with Crippen LogP contribution in [0.5, 0.6) is 0 Å². The van der Waals surface area contributed by atoms with Gasteiger partial charge in [-0.05, 0) is 13.3 Å². The third-order valence-electron chi connectivity index (χ3n) is 3.08. The van der Waals surface area contributed by atoms with Crippen LogP contribution in [-0.2, 0) is 14.6 Å². The van der Waals surface area contributed by atoms with Gasteiger partial charge in [0.1, 0.15) is 0 Å². The smallest absolute Gasteiger partial charge is 0.154 e. The maximum Gasteiger partial charge on any atom is 0.154 e. The Labute approximate surface area is 89.7 Å². The first-order valence-electron chi connectivity index (χ1n) is 5.14. The first-order valence-corrected chi connectivity index (χ1v) is 6.96. The largest absolute Gasteiger partial charge is 0.390 e. The lowest BCUT2D eigenvalue weighted by Crippen LogP contribution is -2.52. The van der Waals surface area contributed by atoms with Crippen molar-refractivity contribution in [2.24, 2.45) is 0 Å². The molecule has 3 atom stereocenters. The first kappa shape index (κ1) is 11.3. The van der Waals surface area contributed by atoms with Crippen molar-refractivity contribution in [3.8, 4) is 0 Å². The third-order valence-corrected chi connectivity index (χ3v) is 4.79. The van der Waals surface area contributed by atoms with Crippen LogP contribution < -0.4 is 5.32 Å². The zero-order chi connectivity index (χ0) is 11.1. The number of rotatable bonds is 2. The molecule has 2 fully saturated rings. The molecule has 0 aromatic carbocycles. The van der Waals surface area contributed by atoms with Crippen LogP contribution in [-0.4, -0.2) is 55.9 Å². The van der Waals surface area contributed by atoms with Gasteiger partial charge in [0.15, 0.2) is 9.84 Å². The number of hydrogen-bond acceptors (Lipinski definition) is 5. The van der Waals surface area contributed by atoms with Gasteiger partial charge in [0.2, 0.25) is 0 Å². The summed E-state index contributed by atoms with van der Waals surface area (Å²) in [6.45, 7) is 3.27. The van der Waals surface area contributed by atoms with Gasteiger partial charge in [-0.2, -0.15) is 0 Å². The van der Waals surface area contributed by atoms with Gasteiger partial charge in [0.05, 0.1) is 24.2 Å². The normalized spacial score (nSPS) is 44.7. The highest BCUT2D eigenvalue weighted by molar-refractivity contribution is 7.91. The average molecular weight is 235 g/mol. The molecule has 0 saturated carbocycles. The van der Waals surface area contributed by atoms with Crippen LogP contribution in [0.4, 0.5) is 0 Å². The fourth-order valence-corrected chi connectivity index (χ4v) is 3.94.